The summed E-state index contributed by atoms with van der Waals surface area (Å²) in [5, 5.41) is 4.48. The maximum Gasteiger partial charge on any atom is 0.0438 e. The van der Waals surface area contributed by atoms with Crippen LogP contribution < -0.4 is 5.32 Å². The van der Waals surface area contributed by atoms with Gasteiger partial charge in [-0.2, -0.15) is 0 Å². The molecule has 2 rings (SSSR count). The van der Waals surface area contributed by atoms with Gasteiger partial charge in [0.2, 0.25) is 0 Å². The number of nitrogens with one attached hydrogen (secondary N) is 1. The molecule has 1 nitrogen and oxygen atoms in total. The molecule has 1 saturated carbocycles. The van der Waals surface area contributed by atoms with E-state index in [1.54, 1.807) is 0 Å². The molecular weight excluding hydrogens is 230 g/mol. The number of rotatable bonds is 6. The Morgan fingerprint density at radius 2 is 2.00 bits per heavy atom. The maximum atomic E-state index is 6.24. The Morgan fingerprint density at radius 3 is 2.59 bits per heavy atom. The number of hydrogen-bond acceptors (Lipinski definition) is 1. The monoisotopic (exact) mass is 251 g/mol. The number of halogens is 1. The van der Waals surface area contributed by atoms with E-state index in [9.17, 15) is 0 Å². The average molecular weight is 252 g/mol. The third-order valence-electron chi connectivity index (χ3n) is 3.52. The molecule has 1 aromatic carbocycles. The van der Waals surface area contributed by atoms with Gasteiger partial charge >= 0.3 is 0 Å². The average Bonchev–Trinajstić information content (AvgIpc) is 3.10. The first-order valence-corrected chi connectivity index (χ1v) is 7.01. The van der Waals surface area contributed by atoms with E-state index in [-0.39, 0.29) is 0 Å². The largest absolute Gasteiger partial charge is 0.314 e. The highest BCUT2D eigenvalue weighted by Crippen LogP contribution is 2.39. The third kappa shape index (κ3) is 4.01. The number of hydrogen-bond donors (Lipinski definition) is 1. The molecule has 0 saturated heterocycles. The Kier molecular flexibility index (Phi) is 4.47. The molecule has 0 aliphatic heterocycles. The highest BCUT2D eigenvalue weighted by Gasteiger charge is 2.31. The van der Waals surface area contributed by atoms with Crippen LogP contribution in [0.1, 0.15) is 32.3 Å². The van der Waals surface area contributed by atoms with E-state index >= 15 is 0 Å². The zero-order valence-corrected chi connectivity index (χ0v) is 11.5. The van der Waals surface area contributed by atoms with Crippen molar-refractivity contribution in [3.8, 4) is 0 Å². The second kappa shape index (κ2) is 5.88. The fraction of sp³-hybridized carbons (Fsp3) is 0.600. The molecule has 0 radical (unpaired) electrons. The van der Waals surface area contributed by atoms with Crippen LogP contribution in [-0.4, -0.2) is 12.6 Å². The van der Waals surface area contributed by atoms with Crippen LogP contribution in [-0.2, 0) is 6.42 Å². The van der Waals surface area contributed by atoms with E-state index in [4.69, 9.17) is 11.6 Å². The van der Waals surface area contributed by atoms with Crippen molar-refractivity contribution in [2.45, 2.75) is 39.2 Å². The lowest BCUT2D eigenvalue weighted by molar-refractivity contribution is 0.405. The summed E-state index contributed by atoms with van der Waals surface area (Å²) >= 11 is 6.24. The molecule has 0 spiro atoms. The zero-order chi connectivity index (χ0) is 12.3. The van der Waals surface area contributed by atoms with Crippen LogP contribution in [0.25, 0.3) is 0 Å². The molecule has 0 aromatic heterocycles. The Morgan fingerprint density at radius 1 is 1.29 bits per heavy atom. The van der Waals surface area contributed by atoms with E-state index in [1.807, 2.05) is 12.1 Å². The van der Waals surface area contributed by atoms with Crippen molar-refractivity contribution < 1.29 is 0 Å². The molecule has 1 atom stereocenters. The van der Waals surface area contributed by atoms with Gasteiger partial charge in [-0.25, -0.2) is 0 Å². The lowest BCUT2D eigenvalue weighted by atomic mass is 9.94. The Balaban J connectivity index is 1.95. The molecule has 17 heavy (non-hydrogen) atoms. The van der Waals surface area contributed by atoms with Crippen LogP contribution >= 0.6 is 11.6 Å². The smallest absolute Gasteiger partial charge is 0.0438 e. The summed E-state index contributed by atoms with van der Waals surface area (Å²) in [6.45, 7) is 5.53. The van der Waals surface area contributed by atoms with Crippen LogP contribution in [0.3, 0.4) is 0 Å². The molecule has 1 N–H and O–H groups in total. The molecule has 0 heterocycles. The Bertz CT molecular complexity index is 358. The van der Waals surface area contributed by atoms with Gasteiger partial charge in [0, 0.05) is 11.1 Å². The molecule has 1 aliphatic rings. The van der Waals surface area contributed by atoms with Crippen molar-refractivity contribution in [1.29, 1.82) is 0 Å². The standard InChI is InChI=1S/C15H22ClN/c1-11(2)17-10-14(12-7-8-12)9-13-5-3-4-6-15(13)16/h3-6,11-12,14,17H,7-10H2,1-2H3. The lowest BCUT2D eigenvalue weighted by Gasteiger charge is -2.19. The Labute approximate surface area is 110 Å². The molecule has 2 heteroatoms. The fourth-order valence-electron chi connectivity index (χ4n) is 2.31. The van der Waals surface area contributed by atoms with Crippen LogP contribution in [0.4, 0.5) is 0 Å². The first kappa shape index (κ1) is 12.9. The summed E-state index contributed by atoms with van der Waals surface area (Å²) in [5.41, 5.74) is 1.30. The summed E-state index contributed by atoms with van der Waals surface area (Å²) in [6, 6.07) is 8.82. The molecular formula is C15H22ClN. The van der Waals surface area contributed by atoms with E-state index in [2.05, 4.69) is 31.3 Å². The quantitative estimate of drug-likeness (QED) is 0.809. The van der Waals surface area contributed by atoms with Crippen LogP contribution in [0, 0.1) is 11.8 Å². The molecule has 94 valence electrons. The maximum absolute atomic E-state index is 6.24. The van der Waals surface area contributed by atoms with Crippen molar-refractivity contribution in [2.24, 2.45) is 11.8 Å². The highest BCUT2D eigenvalue weighted by atomic mass is 35.5. The predicted molar refractivity (Wildman–Crippen MR) is 74.5 cm³/mol. The summed E-state index contributed by atoms with van der Waals surface area (Å²) in [4.78, 5) is 0. The first-order chi connectivity index (χ1) is 8.16. The van der Waals surface area contributed by atoms with Gasteiger partial charge in [-0.3, -0.25) is 0 Å². The molecule has 1 aromatic rings. The Hall–Kier alpha value is -0.530. The van der Waals surface area contributed by atoms with Crippen LogP contribution in [0.15, 0.2) is 24.3 Å². The van der Waals surface area contributed by atoms with Gasteiger partial charge in [0.25, 0.3) is 0 Å². The summed E-state index contributed by atoms with van der Waals surface area (Å²) in [6.07, 6.45) is 3.91. The van der Waals surface area contributed by atoms with Gasteiger partial charge in [-0.1, -0.05) is 43.6 Å². The van der Waals surface area contributed by atoms with Crippen LogP contribution in [0.5, 0.6) is 0 Å². The van der Waals surface area contributed by atoms with Crippen molar-refractivity contribution in [1.82, 2.24) is 5.32 Å². The van der Waals surface area contributed by atoms with Gasteiger partial charge in [0.05, 0.1) is 0 Å². The van der Waals surface area contributed by atoms with Crippen molar-refractivity contribution in [3.05, 3.63) is 34.9 Å². The van der Waals surface area contributed by atoms with Gasteiger partial charge in [-0.05, 0) is 49.3 Å². The van der Waals surface area contributed by atoms with Crippen molar-refractivity contribution in [3.63, 3.8) is 0 Å². The van der Waals surface area contributed by atoms with E-state index in [1.165, 1.54) is 18.4 Å². The molecule has 0 bridgehead atoms. The third-order valence-corrected chi connectivity index (χ3v) is 3.89. The fourth-order valence-corrected chi connectivity index (χ4v) is 2.52. The summed E-state index contributed by atoms with van der Waals surface area (Å²) < 4.78 is 0. The van der Waals surface area contributed by atoms with Gasteiger partial charge in [-0.15, -0.1) is 0 Å². The molecule has 1 fully saturated rings. The lowest BCUT2D eigenvalue weighted by Crippen LogP contribution is -2.31. The minimum absolute atomic E-state index is 0.572. The minimum atomic E-state index is 0.572. The second-order valence-electron chi connectivity index (χ2n) is 5.46. The van der Waals surface area contributed by atoms with Gasteiger partial charge in [0.15, 0.2) is 0 Å². The number of benzene rings is 1. The topological polar surface area (TPSA) is 12.0 Å². The predicted octanol–water partition coefficient (Wildman–Crippen LogP) is 3.91. The van der Waals surface area contributed by atoms with E-state index < -0.39 is 0 Å². The first-order valence-electron chi connectivity index (χ1n) is 6.63. The van der Waals surface area contributed by atoms with Gasteiger partial charge in [0.1, 0.15) is 0 Å². The summed E-state index contributed by atoms with van der Waals surface area (Å²) in [7, 11) is 0. The highest BCUT2D eigenvalue weighted by molar-refractivity contribution is 6.31. The minimum Gasteiger partial charge on any atom is -0.314 e. The van der Waals surface area contributed by atoms with E-state index in [0.717, 1.165) is 29.8 Å². The molecule has 0 amide bonds. The SMILES string of the molecule is CC(C)NCC(Cc1ccccc1Cl)C1CC1. The van der Waals surface area contributed by atoms with Crippen LogP contribution in [0.2, 0.25) is 5.02 Å². The zero-order valence-electron chi connectivity index (χ0n) is 10.7. The van der Waals surface area contributed by atoms with Crippen molar-refractivity contribution >= 4 is 11.6 Å². The van der Waals surface area contributed by atoms with E-state index in [0.29, 0.717) is 6.04 Å². The normalized spacial score (nSPS) is 17.4. The van der Waals surface area contributed by atoms with Crippen molar-refractivity contribution in [2.75, 3.05) is 6.54 Å². The second-order valence-corrected chi connectivity index (χ2v) is 5.86. The summed E-state index contributed by atoms with van der Waals surface area (Å²) in [5.74, 6) is 1.66. The van der Waals surface area contributed by atoms with Gasteiger partial charge < -0.3 is 5.32 Å². The molecule has 1 unspecified atom stereocenters. The molecule has 1 aliphatic carbocycles.